The molecule has 1 unspecified atom stereocenters. The highest BCUT2D eigenvalue weighted by Gasteiger charge is 2.09. The van der Waals surface area contributed by atoms with Crippen LogP contribution in [0.5, 0.6) is 0 Å². The van der Waals surface area contributed by atoms with Gasteiger partial charge >= 0.3 is 0 Å². The van der Waals surface area contributed by atoms with Crippen molar-refractivity contribution in [3.05, 3.63) is 24.3 Å². The third-order valence-electron chi connectivity index (χ3n) is 2.92. The highest BCUT2D eigenvalue weighted by atomic mass is 32.2. The Balaban J connectivity index is 2.28. The summed E-state index contributed by atoms with van der Waals surface area (Å²) in [5.74, 6) is 1.80. The second-order valence-corrected chi connectivity index (χ2v) is 5.90. The molecule has 108 valence electrons. The molecule has 0 aliphatic heterocycles. The van der Waals surface area contributed by atoms with Crippen LogP contribution in [0.25, 0.3) is 10.9 Å². The van der Waals surface area contributed by atoms with Crippen molar-refractivity contribution in [3.63, 3.8) is 0 Å². The van der Waals surface area contributed by atoms with Crippen LogP contribution >= 0.6 is 11.8 Å². The molecule has 0 amide bonds. The molecule has 0 aliphatic rings. The second kappa shape index (κ2) is 7.45. The van der Waals surface area contributed by atoms with E-state index in [1.807, 2.05) is 31.2 Å². The largest absolute Gasteiger partial charge is 0.396 e. The van der Waals surface area contributed by atoms with Crippen molar-refractivity contribution in [2.24, 2.45) is 5.92 Å². The molecule has 20 heavy (non-hydrogen) atoms. The minimum absolute atomic E-state index is 0.205. The fourth-order valence-electron chi connectivity index (χ4n) is 1.75. The van der Waals surface area contributed by atoms with Crippen LogP contribution in [-0.2, 0) is 0 Å². The first-order valence-corrected chi connectivity index (χ1v) is 7.97. The summed E-state index contributed by atoms with van der Waals surface area (Å²) < 4.78 is 0. The van der Waals surface area contributed by atoms with Gasteiger partial charge in [0.2, 0.25) is 5.95 Å². The van der Waals surface area contributed by atoms with Gasteiger partial charge in [0.1, 0.15) is 5.03 Å². The Morgan fingerprint density at radius 2 is 2.10 bits per heavy atom. The first-order valence-electron chi connectivity index (χ1n) is 6.99. The lowest BCUT2D eigenvalue weighted by atomic mass is 10.2. The van der Waals surface area contributed by atoms with Crippen LogP contribution < -0.4 is 5.32 Å². The standard InChI is InChI=1S/C15H21N3OS/c1-3-8-16-15-17-13-7-5-4-6-12(13)14(18-15)20-10-11(2)9-19/h4-7,11,19H,3,8-10H2,1-2H3,(H,16,17,18). The molecule has 0 radical (unpaired) electrons. The van der Waals surface area contributed by atoms with E-state index in [9.17, 15) is 0 Å². The van der Waals surface area contributed by atoms with Crippen molar-refractivity contribution in [2.45, 2.75) is 25.3 Å². The number of para-hydroxylation sites is 1. The zero-order chi connectivity index (χ0) is 14.4. The number of aliphatic hydroxyl groups excluding tert-OH is 1. The third kappa shape index (κ3) is 3.84. The van der Waals surface area contributed by atoms with E-state index in [4.69, 9.17) is 5.11 Å². The van der Waals surface area contributed by atoms with Gasteiger partial charge in [-0.05, 0) is 18.4 Å². The van der Waals surface area contributed by atoms with Gasteiger partial charge < -0.3 is 10.4 Å². The van der Waals surface area contributed by atoms with Crippen molar-refractivity contribution in [2.75, 3.05) is 24.2 Å². The fourth-order valence-corrected chi connectivity index (χ4v) is 2.77. The predicted octanol–water partition coefficient (Wildman–Crippen LogP) is 3.17. The molecule has 0 bridgehead atoms. The lowest BCUT2D eigenvalue weighted by Crippen LogP contribution is -2.07. The minimum atomic E-state index is 0.205. The number of nitrogens with zero attached hydrogens (tertiary/aromatic N) is 2. The summed E-state index contributed by atoms with van der Waals surface area (Å²) in [6.45, 7) is 5.23. The van der Waals surface area contributed by atoms with E-state index in [0.717, 1.165) is 34.6 Å². The molecule has 0 aliphatic carbocycles. The number of anilines is 1. The number of rotatable bonds is 7. The number of fused-ring (bicyclic) bond motifs is 1. The molecule has 0 spiro atoms. The highest BCUT2D eigenvalue weighted by Crippen LogP contribution is 2.27. The monoisotopic (exact) mass is 291 g/mol. The molecule has 5 heteroatoms. The summed E-state index contributed by atoms with van der Waals surface area (Å²) in [4.78, 5) is 9.14. The fraction of sp³-hybridized carbons (Fsp3) is 0.467. The van der Waals surface area contributed by atoms with E-state index in [0.29, 0.717) is 5.95 Å². The lowest BCUT2D eigenvalue weighted by molar-refractivity contribution is 0.250. The molecule has 2 N–H and O–H groups in total. The number of nitrogens with one attached hydrogen (secondary N) is 1. The van der Waals surface area contributed by atoms with E-state index in [2.05, 4.69) is 22.2 Å². The van der Waals surface area contributed by atoms with Crippen LogP contribution in [-0.4, -0.2) is 34.0 Å². The Labute approximate surface area is 124 Å². The Kier molecular flexibility index (Phi) is 5.61. The summed E-state index contributed by atoms with van der Waals surface area (Å²) in [5.41, 5.74) is 0.959. The molecule has 2 rings (SSSR count). The SMILES string of the molecule is CCCNc1nc(SCC(C)CO)c2ccccc2n1. The van der Waals surface area contributed by atoms with Crippen LogP contribution in [0.3, 0.4) is 0 Å². The van der Waals surface area contributed by atoms with Gasteiger partial charge in [-0.1, -0.05) is 32.0 Å². The summed E-state index contributed by atoms with van der Waals surface area (Å²) in [6, 6.07) is 8.05. The van der Waals surface area contributed by atoms with Gasteiger partial charge in [-0.2, -0.15) is 0 Å². The quantitative estimate of drug-likeness (QED) is 0.606. The Hall–Kier alpha value is -1.33. The molecule has 2 aromatic rings. The topological polar surface area (TPSA) is 58.0 Å². The second-order valence-electron chi connectivity index (χ2n) is 4.90. The molecule has 4 nitrogen and oxygen atoms in total. The number of hydrogen-bond donors (Lipinski definition) is 2. The molecular formula is C15H21N3OS. The summed E-state index contributed by atoms with van der Waals surface area (Å²) in [6.07, 6.45) is 1.04. The molecule has 1 aromatic carbocycles. The summed E-state index contributed by atoms with van der Waals surface area (Å²) in [5, 5.41) is 14.4. The van der Waals surface area contributed by atoms with Crippen LogP contribution in [0.1, 0.15) is 20.3 Å². The summed E-state index contributed by atoms with van der Waals surface area (Å²) >= 11 is 1.68. The zero-order valence-corrected chi connectivity index (χ0v) is 12.8. The normalized spacial score (nSPS) is 12.6. The molecular weight excluding hydrogens is 270 g/mol. The Morgan fingerprint density at radius 3 is 2.85 bits per heavy atom. The molecule has 0 saturated carbocycles. The van der Waals surface area contributed by atoms with E-state index in [-0.39, 0.29) is 12.5 Å². The van der Waals surface area contributed by atoms with Gasteiger partial charge in [0, 0.05) is 24.3 Å². The first kappa shape index (κ1) is 15.1. The molecule has 0 saturated heterocycles. The van der Waals surface area contributed by atoms with E-state index in [1.54, 1.807) is 11.8 Å². The van der Waals surface area contributed by atoms with Crippen LogP contribution in [0, 0.1) is 5.92 Å². The number of benzene rings is 1. The van der Waals surface area contributed by atoms with Gasteiger partial charge in [-0.3, -0.25) is 0 Å². The Morgan fingerprint density at radius 1 is 1.30 bits per heavy atom. The van der Waals surface area contributed by atoms with E-state index < -0.39 is 0 Å². The number of hydrogen-bond acceptors (Lipinski definition) is 5. The Bertz CT molecular complexity index is 562. The molecule has 1 heterocycles. The number of thioether (sulfide) groups is 1. The predicted molar refractivity (Wildman–Crippen MR) is 85.3 cm³/mol. The van der Waals surface area contributed by atoms with Crippen molar-refractivity contribution < 1.29 is 5.11 Å². The van der Waals surface area contributed by atoms with Crippen LogP contribution in [0.15, 0.2) is 29.3 Å². The van der Waals surface area contributed by atoms with Gasteiger partial charge in [0.05, 0.1) is 5.52 Å². The number of aromatic nitrogens is 2. The van der Waals surface area contributed by atoms with Gasteiger partial charge in [-0.25, -0.2) is 9.97 Å². The maximum atomic E-state index is 9.14. The lowest BCUT2D eigenvalue weighted by Gasteiger charge is -2.11. The van der Waals surface area contributed by atoms with Crippen molar-refractivity contribution >= 4 is 28.6 Å². The maximum absolute atomic E-state index is 9.14. The third-order valence-corrected chi connectivity index (χ3v) is 4.24. The molecule has 0 fully saturated rings. The highest BCUT2D eigenvalue weighted by molar-refractivity contribution is 7.99. The average molecular weight is 291 g/mol. The van der Waals surface area contributed by atoms with E-state index >= 15 is 0 Å². The van der Waals surface area contributed by atoms with Crippen LogP contribution in [0.4, 0.5) is 5.95 Å². The smallest absolute Gasteiger partial charge is 0.224 e. The minimum Gasteiger partial charge on any atom is -0.396 e. The molecule has 1 atom stereocenters. The first-order chi connectivity index (χ1) is 9.74. The van der Waals surface area contributed by atoms with Gasteiger partial charge in [0.15, 0.2) is 0 Å². The van der Waals surface area contributed by atoms with Gasteiger partial charge in [-0.15, -0.1) is 11.8 Å². The maximum Gasteiger partial charge on any atom is 0.224 e. The van der Waals surface area contributed by atoms with Crippen molar-refractivity contribution in [1.82, 2.24) is 9.97 Å². The van der Waals surface area contributed by atoms with Gasteiger partial charge in [0.25, 0.3) is 0 Å². The van der Waals surface area contributed by atoms with E-state index in [1.165, 1.54) is 0 Å². The van der Waals surface area contributed by atoms with Crippen LogP contribution in [0.2, 0.25) is 0 Å². The average Bonchev–Trinajstić information content (AvgIpc) is 2.50. The van der Waals surface area contributed by atoms with Crippen molar-refractivity contribution in [3.8, 4) is 0 Å². The summed E-state index contributed by atoms with van der Waals surface area (Å²) in [7, 11) is 0. The molecule has 1 aromatic heterocycles. The zero-order valence-electron chi connectivity index (χ0n) is 12.0. The number of aliphatic hydroxyl groups is 1. The van der Waals surface area contributed by atoms with Crippen molar-refractivity contribution in [1.29, 1.82) is 0 Å².